The van der Waals surface area contributed by atoms with Crippen molar-refractivity contribution in [1.29, 1.82) is 0 Å². The standard InChI is InChI=1S/C19H10Cl2F2O2/c20-14-3-1-2-13(19(14)21)18-9-6-12(25-18)5-8-17(24)11-4-7-15(22)16(23)10-11/h1-10H/b8-5+. The summed E-state index contributed by atoms with van der Waals surface area (Å²) in [7, 11) is 0. The summed E-state index contributed by atoms with van der Waals surface area (Å²) in [5, 5.41) is 0.771. The predicted octanol–water partition coefficient (Wildman–Crippen LogP) is 6.43. The molecule has 0 saturated carbocycles. The molecule has 0 amide bonds. The van der Waals surface area contributed by atoms with Crippen LogP contribution in [0.5, 0.6) is 0 Å². The van der Waals surface area contributed by atoms with Crippen molar-refractivity contribution in [2.45, 2.75) is 0 Å². The summed E-state index contributed by atoms with van der Waals surface area (Å²) in [6, 6.07) is 11.5. The lowest BCUT2D eigenvalue weighted by Gasteiger charge is -2.01. The summed E-state index contributed by atoms with van der Waals surface area (Å²) in [6.07, 6.45) is 2.65. The third-order valence-corrected chi connectivity index (χ3v) is 4.27. The fourth-order valence-corrected chi connectivity index (χ4v) is 2.58. The molecule has 6 heteroatoms. The fourth-order valence-electron chi connectivity index (χ4n) is 2.18. The van der Waals surface area contributed by atoms with Crippen LogP contribution < -0.4 is 0 Å². The Morgan fingerprint density at radius 2 is 1.80 bits per heavy atom. The van der Waals surface area contributed by atoms with E-state index in [1.54, 1.807) is 30.3 Å². The van der Waals surface area contributed by atoms with Crippen molar-refractivity contribution in [2.24, 2.45) is 0 Å². The lowest BCUT2D eigenvalue weighted by atomic mass is 10.1. The first-order valence-corrected chi connectivity index (χ1v) is 7.93. The van der Waals surface area contributed by atoms with Crippen LogP contribution in [0.4, 0.5) is 8.78 Å². The van der Waals surface area contributed by atoms with Gasteiger partial charge in [-0.05, 0) is 54.6 Å². The summed E-state index contributed by atoms with van der Waals surface area (Å²) < 4.78 is 31.7. The van der Waals surface area contributed by atoms with Gasteiger partial charge in [-0.15, -0.1) is 0 Å². The highest BCUT2D eigenvalue weighted by Crippen LogP contribution is 2.34. The zero-order valence-electron chi connectivity index (χ0n) is 12.6. The normalized spacial score (nSPS) is 11.2. The van der Waals surface area contributed by atoms with Gasteiger partial charge < -0.3 is 4.42 Å². The number of furan rings is 1. The molecule has 0 saturated heterocycles. The lowest BCUT2D eigenvalue weighted by Crippen LogP contribution is -1.96. The molecular weight excluding hydrogens is 369 g/mol. The number of halogens is 4. The molecule has 2 aromatic carbocycles. The monoisotopic (exact) mass is 378 g/mol. The molecule has 0 unspecified atom stereocenters. The van der Waals surface area contributed by atoms with E-state index in [0.717, 1.165) is 12.1 Å². The highest BCUT2D eigenvalue weighted by Gasteiger charge is 2.11. The number of benzene rings is 2. The Balaban J connectivity index is 1.81. The minimum Gasteiger partial charge on any atom is -0.457 e. The van der Waals surface area contributed by atoms with Gasteiger partial charge in [0.05, 0.1) is 10.0 Å². The maximum Gasteiger partial charge on any atom is 0.186 e. The number of carbonyl (C=O) groups is 1. The number of hydrogen-bond donors (Lipinski definition) is 0. The van der Waals surface area contributed by atoms with E-state index in [2.05, 4.69) is 0 Å². The van der Waals surface area contributed by atoms with Crippen molar-refractivity contribution in [3.8, 4) is 11.3 Å². The second-order valence-corrected chi connectivity index (χ2v) is 5.92. The molecule has 0 atom stereocenters. The molecule has 0 aliphatic heterocycles. The SMILES string of the molecule is O=C(/C=C/c1ccc(-c2cccc(Cl)c2Cl)o1)c1ccc(F)c(F)c1. The van der Waals surface area contributed by atoms with E-state index in [9.17, 15) is 13.6 Å². The van der Waals surface area contributed by atoms with Crippen molar-refractivity contribution < 1.29 is 18.0 Å². The van der Waals surface area contributed by atoms with Gasteiger partial charge in [-0.1, -0.05) is 29.3 Å². The van der Waals surface area contributed by atoms with E-state index in [-0.39, 0.29) is 5.56 Å². The van der Waals surface area contributed by atoms with Crippen molar-refractivity contribution in [2.75, 3.05) is 0 Å². The van der Waals surface area contributed by atoms with E-state index in [1.165, 1.54) is 18.2 Å². The molecule has 0 bridgehead atoms. The third kappa shape index (κ3) is 3.81. The topological polar surface area (TPSA) is 30.2 Å². The second kappa shape index (κ2) is 7.21. The van der Waals surface area contributed by atoms with Crippen LogP contribution in [0.1, 0.15) is 16.1 Å². The molecule has 3 rings (SSSR count). The molecule has 0 fully saturated rings. The van der Waals surface area contributed by atoms with Gasteiger partial charge in [0, 0.05) is 11.1 Å². The van der Waals surface area contributed by atoms with Gasteiger partial charge in [0.25, 0.3) is 0 Å². The summed E-state index contributed by atoms with van der Waals surface area (Å²) >= 11 is 12.1. The Hall–Kier alpha value is -2.43. The lowest BCUT2D eigenvalue weighted by molar-refractivity contribution is 0.104. The summed E-state index contributed by atoms with van der Waals surface area (Å²) in [4.78, 5) is 12.0. The smallest absolute Gasteiger partial charge is 0.186 e. The van der Waals surface area contributed by atoms with Gasteiger partial charge >= 0.3 is 0 Å². The van der Waals surface area contributed by atoms with Crippen molar-refractivity contribution in [3.63, 3.8) is 0 Å². The maximum atomic E-state index is 13.2. The first-order valence-electron chi connectivity index (χ1n) is 7.17. The fraction of sp³-hybridized carbons (Fsp3) is 0. The highest BCUT2D eigenvalue weighted by atomic mass is 35.5. The minimum atomic E-state index is -1.07. The molecule has 0 radical (unpaired) electrons. The first-order chi connectivity index (χ1) is 12.0. The van der Waals surface area contributed by atoms with Crippen molar-refractivity contribution in [1.82, 2.24) is 0 Å². The van der Waals surface area contributed by atoms with Crippen molar-refractivity contribution >= 4 is 35.1 Å². The van der Waals surface area contributed by atoms with E-state index in [0.29, 0.717) is 27.1 Å². The zero-order valence-corrected chi connectivity index (χ0v) is 14.1. The van der Waals surface area contributed by atoms with Crippen molar-refractivity contribution in [3.05, 3.63) is 87.6 Å². The van der Waals surface area contributed by atoms with Crippen LogP contribution in [0, 0.1) is 11.6 Å². The maximum absolute atomic E-state index is 13.2. The molecular formula is C19H10Cl2F2O2. The second-order valence-electron chi connectivity index (χ2n) is 5.13. The molecule has 1 aromatic heterocycles. The Morgan fingerprint density at radius 1 is 1.00 bits per heavy atom. The molecule has 126 valence electrons. The summed E-state index contributed by atoms with van der Waals surface area (Å²) in [5.41, 5.74) is 0.667. The molecule has 2 nitrogen and oxygen atoms in total. The van der Waals surface area contributed by atoms with Gasteiger partial charge in [-0.25, -0.2) is 8.78 Å². The van der Waals surface area contributed by atoms with Crippen LogP contribution >= 0.6 is 23.2 Å². The molecule has 0 aliphatic carbocycles. The molecule has 0 spiro atoms. The highest BCUT2D eigenvalue weighted by molar-refractivity contribution is 6.43. The van der Waals surface area contributed by atoms with Crippen LogP contribution in [-0.4, -0.2) is 5.78 Å². The molecule has 0 aliphatic rings. The quantitative estimate of drug-likeness (QED) is 0.386. The third-order valence-electron chi connectivity index (χ3n) is 3.45. The molecule has 1 heterocycles. The number of ketones is 1. The van der Waals surface area contributed by atoms with E-state index < -0.39 is 17.4 Å². The van der Waals surface area contributed by atoms with Gasteiger partial charge in [0.2, 0.25) is 0 Å². The molecule has 3 aromatic rings. The van der Waals surface area contributed by atoms with Gasteiger partial charge in [-0.2, -0.15) is 0 Å². The largest absolute Gasteiger partial charge is 0.457 e. The number of carbonyl (C=O) groups excluding carboxylic acids is 1. The van der Waals surface area contributed by atoms with E-state index in [1.807, 2.05) is 0 Å². The summed E-state index contributed by atoms with van der Waals surface area (Å²) in [6.45, 7) is 0. The zero-order chi connectivity index (χ0) is 18.0. The van der Waals surface area contributed by atoms with Gasteiger partial charge in [-0.3, -0.25) is 4.79 Å². The average Bonchev–Trinajstić information content (AvgIpc) is 3.06. The van der Waals surface area contributed by atoms with Crippen LogP contribution in [0.25, 0.3) is 17.4 Å². The molecule has 0 N–H and O–H groups in total. The Bertz CT molecular complexity index is 977. The number of hydrogen-bond acceptors (Lipinski definition) is 2. The van der Waals surface area contributed by atoms with Gasteiger partial charge in [0.1, 0.15) is 11.5 Å². The van der Waals surface area contributed by atoms with Crippen LogP contribution in [0.2, 0.25) is 10.0 Å². The Labute approximate surface area is 152 Å². The number of allylic oxidation sites excluding steroid dienone is 1. The van der Waals surface area contributed by atoms with Crippen LogP contribution in [-0.2, 0) is 0 Å². The van der Waals surface area contributed by atoms with Crippen LogP contribution in [0.15, 0.2) is 59.0 Å². The Morgan fingerprint density at radius 3 is 2.56 bits per heavy atom. The summed E-state index contributed by atoms with van der Waals surface area (Å²) in [5.74, 6) is -1.66. The minimum absolute atomic E-state index is 0.0415. The number of rotatable bonds is 4. The predicted molar refractivity (Wildman–Crippen MR) is 93.9 cm³/mol. The Kier molecular flexibility index (Phi) is 5.02. The average molecular weight is 379 g/mol. The van der Waals surface area contributed by atoms with E-state index in [4.69, 9.17) is 27.6 Å². The first kappa shape index (κ1) is 17.4. The van der Waals surface area contributed by atoms with E-state index >= 15 is 0 Å². The molecule has 25 heavy (non-hydrogen) atoms. The van der Waals surface area contributed by atoms with Gasteiger partial charge in [0.15, 0.2) is 17.4 Å². The van der Waals surface area contributed by atoms with Crippen LogP contribution in [0.3, 0.4) is 0 Å².